The highest BCUT2D eigenvalue weighted by Crippen LogP contribution is 2.39. The van der Waals surface area contributed by atoms with E-state index in [4.69, 9.17) is 11.6 Å². The largest absolute Gasteiger partial charge is 0.339 e. The molecule has 0 radical (unpaired) electrons. The summed E-state index contributed by atoms with van der Waals surface area (Å²) in [6.07, 6.45) is 0.982. The van der Waals surface area contributed by atoms with Crippen LogP contribution in [0.3, 0.4) is 0 Å². The van der Waals surface area contributed by atoms with Gasteiger partial charge in [0.15, 0.2) is 0 Å². The van der Waals surface area contributed by atoms with Crippen molar-refractivity contribution in [2.45, 2.75) is 25.3 Å². The SMILES string of the molecule is Cc1ccc(C(=O)N2CCC3(CC2)C(=O)N(CC(=O)Nc2cccc(Cl)c2)CN3c2ccccc2)cc1. The lowest BCUT2D eigenvalue weighted by Gasteiger charge is -2.43. The highest BCUT2D eigenvalue weighted by molar-refractivity contribution is 6.30. The van der Waals surface area contributed by atoms with Crippen LogP contribution < -0.4 is 10.2 Å². The van der Waals surface area contributed by atoms with Crippen LogP contribution in [0.15, 0.2) is 78.9 Å². The Balaban J connectivity index is 1.33. The van der Waals surface area contributed by atoms with Gasteiger partial charge >= 0.3 is 0 Å². The molecule has 8 heteroatoms. The van der Waals surface area contributed by atoms with Crippen LogP contribution in [0.1, 0.15) is 28.8 Å². The van der Waals surface area contributed by atoms with Crippen LogP contribution in [-0.2, 0) is 9.59 Å². The number of amides is 3. The van der Waals surface area contributed by atoms with Crippen molar-refractivity contribution >= 4 is 40.7 Å². The number of nitrogens with one attached hydrogen (secondary N) is 1. The van der Waals surface area contributed by atoms with E-state index in [0.717, 1.165) is 11.3 Å². The zero-order valence-corrected chi connectivity index (χ0v) is 21.4. The lowest BCUT2D eigenvalue weighted by molar-refractivity contribution is -0.136. The molecule has 3 aromatic carbocycles. The average Bonchev–Trinajstić information content (AvgIpc) is 3.15. The molecule has 2 saturated heterocycles. The van der Waals surface area contributed by atoms with E-state index in [1.54, 1.807) is 29.2 Å². The summed E-state index contributed by atoms with van der Waals surface area (Å²) in [7, 11) is 0. The number of nitrogens with zero attached hydrogens (tertiary/aromatic N) is 3. The third-order valence-electron chi connectivity index (χ3n) is 7.20. The fourth-order valence-electron chi connectivity index (χ4n) is 5.22. The van der Waals surface area contributed by atoms with Crippen LogP contribution >= 0.6 is 11.6 Å². The number of carbonyl (C=O) groups is 3. The molecule has 0 saturated carbocycles. The molecule has 1 spiro atoms. The first-order chi connectivity index (χ1) is 17.9. The summed E-state index contributed by atoms with van der Waals surface area (Å²) in [6.45, 7) is 3.15. The first-order valence-electron chi connectivity index (χ1n) is 12.4. The summed E-state index contributed by atoms with van der Waals surface area (Å²) < 4.78 is 0. The molecule has 190 valence electrons. The number of benzene rings is 3. The number of rotatable bonds is 5. The van der Waals surface area contributed by atoms with Gasteiger partial charge in [-0.2, -0.15) is 0 Å². The maximum absolute atomic E-state index is 13.9. The first kappa shape index (κ1) is 24.8. The molecule has 3 aromatic rings. The molecule has 2 fully saturated rings. The van der Waals surface area contributed by atoms with E-state index < -0.39 is 5.54 Å². The lowest BCUT2D eigenvalue weighted by Crippen LogP contribution is -2.57. The number of hydrogen-bond acceptors (Lipinski definition) is 4. The number of piperidine rings is 1. The Morgan fingerprint density at radius 1 is 0.946 bits per heavy atom. The summed E-state index contributed by atoms with van der Waals surface area (Å²) in [5.41, 5.74) is 2.46. The van der Waals surface area contributed by atoms with E-state index >= 15 is 0 Å². The highest BCUT2D eigenvalue weighted by atomic mass is 35.5. The number of para-hydroxylation sites is 1. The van der Waals surface area contributed by atoms with Gasteiger partial charge in [0.25, 0.3) is 11.8 Å². The third kappa shape index (κ3) is 5.04. The van der Waals surface area contributed by atoms with Crippen molar-refractivity contribution < 1.29 is 14.4 Å². The van der Waals surface area contributed by atoms with Gasteiger partial charge < -0.3 is 20.0 Å². The second-order valence-electron chi connectivity index (χ2n) is 9.66. The van der Waals surface area contributed by atoms with Gasteiger partial charge in [-0.15, -0.1) is 0 Å². The number of hydrogen-bond donors (Lipinski definition) is 1. The van der Waals surface area contributed by atoms with Crippen LogP contribution in [-0.4, -0.2) is 59.4 Å². The van der Waals surface area contributed by atoms with Crippen molar-refractivity contribution in [3.63, 3.8) is 0 Å². The Labute approximate surface area is 221 Å². The Morgan fingerprint density at radius 3 is 2.32 bits per heavy atom. The molecule has 2 aliphatic heterocycles. The fraction of sp³-hybridized carbons (Fsp3) is 0.276. The number of halogens is 1. The number of anilines is 2. The van der Waals surface area contributed by atoms with Gasteiger partial charge in [-0.25, -0.2) is 0 Å². The van der Waals surface area contributed by atoms with E-state index in [1.165, 1.54) is 0 Å². The minimum absolute atomic E-state index is 0.0238. The molecular weight excluding hydrogens is 488 g/mol. The predicted molar refractivity (Wildman–Crippen MR) is 145 cm³/mol. The topological polar surface area (TPSA) is 73.0 Å². The minimum Gasteiger partial charge on any atom is -0.339 e. The van der Waals surface area contributed by atoms with Gasteiger partial charge in [-0.05, 0) is 62.2 Å². The first-order valence-corrected chi connectivity index (χ1v) is 12.8. The quantitative estimate of drug-likeness (QED) is 0.539. The molecule has 0 aliphatic carbocycles. The van der Waals surface area contributed by atoms with Crippen LogP contribution in [0, 0.1) is 6.92 Å². The van der Waals surface area contributed by atoms with Gasteiger partial charge in [-0.3, -0.25) is 14.4 Å². The average molecular weight is 517 g/mol. The molecule has 5 rings (SSSR count). The van der Waals surface area contributed by atoms with Crippen LogP contribution in [0.5, 0.6) is 0 Å². The van der Waals surface area contributed by atoms with Gasteiger partial charge in [0.1, 0.15) is 12.1 Å². The van der Waals surface area contributed by atoms with E-state index in [0.29, 0.717) is 48.9 Å². The molecule has 0 unspecified atom stereocenters. The number of carbonyl (C=O) groups excluding carboxylic acids is 3. The van der Waals surface area contributed by atoms with E-state index in [1.807, 2.05) is 66.4 Å². The molecule has 3 amide bonds. The Kier molecular flexibility index (Phi) is 6.89. The van der Waals surface area contributed by atoms with Gasteiger partial charge in [0.2, 0.25) is 5.91 Å². The second-order valence-corrected chi connectivity index (χ2v) is 10.1. The van der Waals surface area contributed by atoms with Crippen LogP contribution in [0.25, 0.3) is 0 Å². The second kappa shape index (κ2) is 10.3. The molecule has 0 bridgehead atoms. The molecular formula is C29H29ClN4O3. The number of likely N-dealkylation sites (tertiary alicyclic amines) is 1. The molecule has 1 N–H and O–H groups in total. The van der Waals surface area contributed by atoms with E-state index in [-0.39, 0.29) is 24.3 Å². The monoisotopic (exact) mass is 516 g/mol. The van der Waals surface area contributed by atoms with Gasteiger partial charge in [0, 0.05) is 35.1 Å². The minimum atomic E-state index is -0.804. The Morgan fingerprint density at radius 2 is 1.65 bits per heavy atom. The van der Waals surface area contributed by atoms with Crippen LogP contribution in [0.4, 0.5) is 11.4 Å². The summed E-state index contributed by atoms with van der Waals surface area (Å²) in [5, 5.41) is 3.36. The van der Waals surface area contributed by atoms with Crippen molar-refractivity contribution in [3.8, 4) is 0 Å². The summed E-state index contributed by atoms with van der Waals surface area (Å²) in [4.78, 5) is 45.3. The fourth-order valence-corrected chi connectivity index (χ4v) is 5.41. The maximum Gasteiger partial charge on any atom is 0.253 e. The zero-order valence-electron chi connectivity index (χ0n) is 20.7. The Bertz CT molecular complexity index is 1300. The third-order valence-corrected chi connectivity index (χ3v) is 7.44. The standard InChI is InChI=1S/C29H29ClN4O3/c1-21-10-12-22(13-11-21)27(36)32-16-14-29(15-17-32)28(37)33(20-34(29)25-8-3-2-4-9-25)19-26(35)31-24-7-5-6-23(30)18-24/h2-13,18H,14-17,19-20H2,1H3,(H,31,35). The molecule has 37 heavy (non-hydrogen) atoms. The smallest absolute Gasteiger partial charge is 0.253 e. The summed E-state index contributed by atoms with van der Waals surface area (Å²) in [6, 6.07) is 24.3. The maximum atomic E-state index is 13.9. The van der Waals surface area contributed by atoms with Crippen molar-refractivity contribution in [1.29, 1.82) is 0 Å². The molecule has 2 heterocycles. The van der Waals surface area contributed by atoms with E-state index in [2.05, 4.69) is 10.2 Å². The number of aryl methyl sites for hydroxylation is 1. The predicted octanol–water partition coefficient (Wildman–Crippen LogP) is 4.57. The molecule has 0 atom stereocenters. The van der Waals surface area contributed by atoms with Crippen molar-refractivity contribution in [2.24, 2.45) is 0 Å². The van der Waals surface area contributed by atoms with Crippen molar-refractivity contribution in [2.75, 3.05) is 36.5 Å². The van der Waals surface area contributed by atoms with Gasteiger partial charge in [-0.1, -0.05) is 53.6 Å². The van der Waals surface area contributed by atoms with Crippen molar-refractivity contribution in [1.82, 2.24) is 9.80 Å². The lowest BCUT2D eigenvalue weighted by atomic mass is 9.85. The van der Waals surface area contributed by atoms with Gasteiger partial charge in [0.05, 0.1) is 6.67 Å². The molecule has 7 nitrogen and oxygen atoms in total. The summed E-state index contributed by atoms with van der Waals surface area (Å²) in [5.74, 6) is -0.392. The zero-order chi connectivity index (χ0) is 26.0. The van der Waals surface area contributed by atoms with E-state index in [9.17, 15) is 14.4 Å². The highest BCUT2D eigenvalue weighted by Gasteiger charge is 2.54. The van der Waals surface area contributed by atoms with Crippen LogP contribution in [0.2, 0.25) is 5.02 Å². The molecule has 0 aromatic heterocycles. The molecule has 2 aliphatic rings. The Hall–Kier alpha value is -3.84. The summed E-state index contributed by atoms with van der Waals surface area (Å²) >= 11 is 6.04. The normalized spacial score (nSPS) is 16.8. The van der Waals surface area contributed by atoms with Crippen molar-refractivity contribution in [3.05, 3.63) is 95.0 Å².